The zero-order valence-electron chi connectivity index (χ0n) is 13.3. The van der Waals surface area contributed by atoms with Crippen LogP contribution >= 0.6 is 23.2 Å². The van der Waals surface area contributed by atoms with Crippen molar-refractivity contribution in [2.45, 2.75) is 26.3 Å². The van der Waals surface area contributed by atoms with E-state index in [1.807, 2.05) is 13.8 Å². The first kappa shape index (κ1) is 18.2. The number of nitrogens with zero attached hydrogens (tertiary/aromatic N) is 1. The van der Waals surface area contributed by atoms with Crippen LogP contribution in [-0.4, -0.2) is 22.8 Å². The number of pyridine rings is 1. The summed E-state index contributed by atoms with van der Waals surface area (Å²) < 4.78 is 0. The van der Waals surface area contributed by atoms with E-state index in [1.165, 1.54) is 12.1 Å². The molecule has 1 aromatic heterocycles. The van der Waals surface area contributed by atoms with Crippen LogP contribution in [0.3, 0.4) is 0 Å². The normalized spacial score (nSPS) is 11.7. The van der Waals surface area contributed by atoms with Crippen molar-refractivity contribution in [1.82, 2.24) is 10.3 Å². The third-order valence-electron chi connectivity index (χ3n) is 3.38. The molecule has 5 nitrogen and oxygen atoms in total. The Kier molecular flexibility index (Phi) is 6.17. The third-order valence-corrected chi connectivity index (χ3v) is 3.93. The molecular weight excluding hydrogens is 349 g/mol. The van der Waals surface area contributed by atoms with Gasteiger partial charge in [-0.15, -0.1) is 0 Å². The maximum atomic E-state index is 12.3. The first-order chi connectivity index (χ1) is 11.4. The number of rotatable bonds is 5. The Labute approximate surface area is 150 Å². The molecule has 2 rings (SSSR count). The van der Waals surface area contributed by atoms with E-state index in [2.05, 4.69) is 15.6 Å². The molecule has 0 fully saturated rings. The summed E-state index contributed by atoms with van der Waals surface area (Å²) in [7, 11) is 0. The number of halogens is 2. The van der Waals surface area contributed by atoms with Gasteiger partial charge in [0.1, 0.15) is 11.4 Å². The highest BCUT2D eigenvalue weighted by Gasteiger charge is 2.14. The minimum atomic E-state index is -0.461. The van der Waals surface area contributed by atoms with Gasteiger partial charge in [0, 0.05) is 11.1 Å². The van der Waals surface area contributed by atoms with Crippen LogP contribution in [0.15, 0.2) is 36.4 Å². The predicted molar refractivity (Wildman–Crippen MR) is 95.9 cm³/mol. The summed E-state index contributed by atoms with van der Waals surface area (Å²) in [6.45, 7) is 3.87. The van der Waals surface area contributed by atoms with Crippen LogP contribution in [-0.2, 0) is 0 Å². The van der Waals surface area contributed by atoms with Gasteiger partial charge in [-0.2, -0.15) is 0 Å². The van der Waals surface area contributed by atoms with Crippen LogP contribution in [0.4, 0.5) is 5.69 Å². The van der Waals surface area contributed by atoms with Crippen LogP contribution in [0.5, 0.6) is 0 Å². The number of anilines is 1. The lowest BCUT2D eigenvalue weighted by Gasteiger charge is -2.11. The predicted octanol–water partition coefficient (Wildman–Crippen LogP) is 4.17. The van der Waals surface area contributed by atoms with Crippen molar-refractivity contribution >= 4 is 40.7 Å². The summed E-state index contributed by atoms with van der Waals surface area (Å²) >= 11 is 11.9. The first-order valence-electron chi connectivity index (χ1n) is 7.45. The fourth-order valence-corrected chi connectivity index (χ4v) is 2.32. The second-order valence-electron chi connectivity index (χ2n) is 5.27. The average molecular weight is 366 g/mol. The van der Waals surface area contributed by atoms with Gasteiger partial charge < -0.3 is 10.6 Å². The summed E-state index contributed by atoms with van der Waals surface area (Å²) in [4.78, 5) is 28.5. The molecule has 2 aromatic rings. The lowest BCUT2D eigenvalue weighted by molar-refractivity contribution is 0.0934. The van der Waals surface area contributed by atoms with Crippen LogP contribution in [0.2, 0.25) is 10.0 Å². The maximum Gasteiger partial charge on any atom is 0.274 e. The van der Waals surface area contributed by atoms with E-state index in [0.717, 1.165) is 6.42 Å². The zero-order chi connectivity index (χ0) is 17.7. The van der Waals surface area contributed by atoms with Crippen molar-refractivity contribution < 1.29 is 9.59 Å². The van der Waals surface area contributed by atoms with Gasteiger partial charge in [-0.1, -0.05) is 36.2 Å². The van der Waals surface area contributed by atoms with Gasteiger partial charge in [-0.05, 0) is 43.7 Å². The molecule has 1 aromatic carbocycles. The Morgan fingerprint density at radius 1 is 1.12 bits per heavy atom. The Bertz CT molecular complexity index is 765. The van der Waals surface area contributed by atoms with Crippen LogP contribution in [0.1, 0.15) is 41.2 Å². The molecule has 0 spiro atoms. The second-order valence-corrected chi connectivity index (χ2v) is 6.11. The Morgan fingerprint density at radius 2 is 1.79 bits per heavy atom. The maximum absolute atomic E-state index is 12.3. The van der Waals surface area contributed by atoms with E-state index in [9.17, 15) is 9.59 Å². The van der Waals surface area contributed by atoms with Gasteiger partial charge in [-0.3, -0.25) is 9.59 Å². The monoisotopic (exact) mass is 365 g/mol. The standard InChI is InChI=1S/C17H17Cl2N3O2/c1-3-10(2)20-16(23)14-5-4-6-15(21-14)17(24)22-13-8-7-11(18)9-12(13)19/h4-10H,3H2,1-2H3,(H,20,23)(H,22,24). The van der Waals surface area contributed by atoms with Crippen LogP contribution in [0, 0.1) is 0 Å². The Balaban J connectivity index is 2.15. The summed E-state index contributed by atoms with van der Waals surface area (Å²) in [6.07, 6.45) is 0.807. The number of hydrogen-bond acceptors (Lipinski definition) is 3. The largest absolute Gasteiger partial charge is 0.348 e. The molecule has 0 aliphatic rings. The lowest BCUT2D eigenvalue weighted by Crippen LogP contribution is -2.32. The summed E-state index contributed by atoms with van der Waals surface area (Å²) in [6, 6.07) is 9.47. The highest BCUT2D eigenvalue weighted by molar-refractivity contribution is 6.36. The fraction of sp³-hybridized carbons (Fsp3) is 0.235. The molecule has 0 bridgehead atoms. The van der Waals surface area contributed by atoms with Crippen molar-refractivity contribution in [2.75, 3.05) is 5.32 Å². The molecular formula is C17H17Cl2N3O2. The van der Waals surface area contributed by atoms with E-state index in [1.54, 1.807) is 24.3 Å². The smallest absolute Gasteiger partial charge is 0.274 e. The van der Waals surface area contributed by atoms with Crippen molar-refractivity contribution in [3.05, 3.63) is 57.8 Å². The van der Waals surface area contributed by atoms with Gasteiger partial charge in [0.05, 0.1) is 10.7 Å². The van der Waals surface area contributed by atoms with E-state index in [-0.39, 0.29) is 23.3 Å². The van der Waals surface area contributed by atoms with Gasteiger partial charge in [-0.25, -0.2) is 4.98 Å². The van der Waals surface area contributed by atoms with E-state index in [0.29, 0.717) is 15.7 Å². The minimum absolute atomic E-state index is 0.0321. The van der Waals surface area contributed by atoms with E-state index in [4.69, 9.17) is 23.2 Å². The molecule has 7 heteroatoms. The molecule has 126 valence electrons. The molecule has 0 aliphatic carbocycles. The molecule has 0 saturated carbocycles. The average Bonchev–Trinajstić information content (AvgIpc) is 2.57. The number of nitrogens with one attached hydrogen (secondary N) is 2. The number of hydrogen-bond donors (Lipinski definition) is 2. The molecule has 1 heterocycles. The van der Waals surface area contributed by atoms with Crippen LogP contribution < -0.4 is 10.6 Å². The van der Waals surface area contributed by atoms with Gasteiger partial charge in [0.2, 0.25) is 0 Å². The molecule has 1 unspecified atom stereocenters. The minimum Gasteiger partial charge on any atom is -0.348 e. The molecule has 0 radical (unpaired) electrons. The molecule has 0 saturated heterocycles. The fourth-order valence-electron chi connectivity index (χ4n) is 1.86. The third kappa shape index (κ3) is 4.69. The first-order valence-corrected chi connectivity index (χ1v) is 8.20. The second kappa shape index (κ2) is 8.13. The zero-order valence-corrected chi connectivity index (χ0v) is 14.8. The molecule has 0 aliphatic heterocycles. The Hall–Kier alpha value is -2.11. The summed E-state index contributed by atoms with van der Waals surface area (Å²) in [5.74, 6) is -0.777. The number of carbonyl (C=O) groups excluding carboxylic acids is 2. The Morgan fingerprint density at radius 3 is 2.42 bits per heavy atom. The quantitative estimate of drug-likeness (QED) is 0.834. The van der Waals surface area contributed by atoms with Crippen LogP contribution in [0.25, 0.3) is 0 Å². The van der Waals surface area contributed by atoms with Crippen molar-refractivity contribution in [2.24, 2.45) is 0 Å². The lowest BCUT2D eigenvalue weighted by atomic mass is 10.2. The van der Waals surface area contributed by atoms with E-state index >= 15 is 0 Å². The van der Waals surface area contributed by atoms with Crippen molar-refractivity contribution in [3.63, 3.8) is 0 Å². The van der Waals surface area contributed by atoms with Gasteiger partial charge in [0.15, 0.2) is 0 Å². The number of amides is 2. The SMILES string of the molecule is CCC(C)NC(=O)c1cccc(C(=O)Nc2ccc(Cl)cc2Cl)n1. The van der Waals surface area contributed by atoms with Gasteiger partial charge >= 0.3 is 0 Å². The van der Waals surface area contributed by atoms with Crippen molar-refractivity contribution in [3.8, 4) is 0 Å². The highest BCUT2D eigenvalue weighted by atomic mass is 35.5. The number of carbonyl (C=O) groups is 2. The summed E-state index contributed by atoms with van der Waals surface area (Å²) in [5.41, 5.74) is 0.727. The topological polar surface area (TPSA) is 71.1 Å². The number of aromatic nitrogens is 1. The molecule has 2 amide bonds. The molecule has 24 heavy (non-hydrogen) atoms. The van der Waals surface area contributed by atoms with Gasteiger partial charge in [0.25, 0.3) is 11.8 Å². The molecule has 1 atom stereocenters. The molecule has 2 N–H and O–H groups in total. The summed E-state index contributed by atoms with van der Waals surface area (Å²) in [5, 5.41) is 6.25. The van der Waals surface area contributed by atoms with Crippen molar-refractivity contribution in [1.29, 1.82) is 0 Å². The van der Waals surface area contributed by atoms with E-state index < -0.39 is 5.91 Å². The highest BCUT2D eigenvalue weighted by Crippen LogP contribution is 2.25. The number of benzene rings is 1.